The van der Waals surface area contributed by atoms with Crippen LogP contribution in [0.5, 0.6) is 0 Å². The number of aliphatic hydroxyl groups is 1. The maximum atomic E-state index is 12.7. The van der Waals surface area contributed by atoms with Crippen molar-refractivity contribution in [1.29, 1.82) is 0 Å². The van der Waals surface area contributed by atoms with E-state index in [1.165, 1.54) is 0 Å². The average molecular weight is 352 g/mol. The third-order valence-electron chi connectivity index (χ3n) is 4.60. The molecule has 0 fully saturated rings. The van der Waals surface area contributed by atoms with Crippen LogP contribution in [-0.4, -0.2) is 47.0 Å². The van der Waals surface area contributed by atoms with Crippen molar-refractivity contribution in [3.8, 4) is 0 Å². The van der Waals surface area contributed by atoms with Crippen LogP contribution < -0.4 is 0 Å². The lowest BCUT2D eigenvalue weighted by atomic mass is 10.0. The van der Waals surface area contributed by atoms with Gasteiger partial charge in [-0.2, -0.15) is 0 Å². The quantitative estimate of drug-likeness (QED) is 0.705. The molecule has 0 aliphatic carbocycles. The van der Waals surface area contributed by atoms with Crippen molar-refractivity contribution < 1.29 is 9.90 Å². The lowest BCUT2D eigenvalue weighted by Gasteiger charge is -2.31. The second kappa shape index (κ2) is 9.90. The van der Waals surface area contributed by atoms with Crippen LogP contribution in [0.1, 0.15) is 24.2 Å². The molecule has 1 amide bonds. The number of carbonyl (C=O) groups is 1. The number of hydrogen-bond acceptors (Lipinski definition) is 3. The van der Waals surface area contributed by atoms with Crippen molar-refractivity contribution in [3.05, 3.63) is 84.4 Å². The van der Waals surface area contributed by atoms with Gasteiger partial charge in [-0.1, -0.05) is 66.7 Å². The Bertz CT molecular complexity index is 688. The minimum absolute atomic E-state index is 0.0229. The Kier molecular flexibility index (Phi) is 7.57. The van der Waals surface area contributed by atoms with Crippen LogP contribution in [0.15, 0.2) is 73.3 Å². The van der Waals surface area contributed by atoms with Gasteiger partial charge in [0.15, 0.2) is 0 Å². The molecule has 0 heterocycles. The summed E-state index contributed by atoms with van der Waals surface area (Å²) in [6.45, 7) is 7.25. The van der Waals surface area contributed by atoms with Crippen LogP contribution in [0.4, 0.5) is 0 Å². The van der Waals surface area contributed by atoms with Gasteiger partial charge in [0.1, 0.15) is 0 Å². The number of likely N-dealkylation sites (N-methyl/N-ethyl adjacent to an activating group) is 1. The standard InChI is InChI=1S/C22H28N2O2/c1-4-15-24(16-19-11-7-5-8-12-19)17-21(25)23(3)18(2)22(26)20-13-9-6-10-14-20/h4-14,18,22,26H,1,15-17H2,2-3H3/t18-,22+/m0/s1. The van der Waals surface area contributed by atoms with E-state index in [1.54, 1.807) is 18.0 Å². The summed E-state index contributed by atoms with van der Waals surface area (Å²) in [6.07, 6.45) is 1.09. The number of hydrogen-bond donors (Lipinski definition) is 1. The van der Waals surface area contributed by atoms with E-state index in [2.05, 4.69) is 6.58 Å². The molecule has 0 spiro atoms. The highest BCUT2D eigenvalue weighted by Crippen LogP contribution is 2.20. The summed E-state index contributed by atoms with van der Waals surface area (Å²) in [5.74, 6) is -0.0229. The second-order valence-electron chi connectivity index (χ2n) is 6.54. The van der Waals surface area contributed by atoms with Crippen LogP contribution in [0.25, 0.3) is 0 Å². The molecule has 0 saturated carbocycles. The summed E-state index contributed by atoms with van der Waals surface area (Å²) in [7, 11) is 1.74. The predicted octanol–water partition coefficient (Wildman–Crippen LogP) is 3.26. The first-order chi connectivity index (χ1) is 12.5. The van der Waals surface area contributed by atoms with E-state index in [1.807, 2.05) is 72.5 Å². The average Bonchev–Trinajstić information content (AvgIpc) is 2.67. The van der Waals surface area contributed by atoms with Crippen LogP contribution in [0.3, 0.4) is 0 Å². The van der Waals surface area contributed by atoms with Crippen molar-refractivity contribution in [1.82, 2.24) is 9.80 Å². The van der Waals surface area contributed by atoms with Gasteiger partial charge in [-0.3, -0.25) is 9.69 Å². The van der Waals surface area contributed by atoms with Gasteiger partial charge >= 0.3 is 0 Å². The van der Waals surface area contributed by atoms with E-state index in [0.717, 1.165) is 11.1 Å². The molecule has 4 heteroatoms. The molecule has 2 atom stereocenters. The third-order valence-corrected chi connectivity index (χ3v) is 4.60. The SMILES string of the molecule is C=CCN(CC(=O)N(C)[C@@H](C)[C@@H](O)c1ccccc1)Cc1ccccc1. The Morgan fingerprint density at radius 3 is 2.27 bits per heavy atom. The molecule has 0 saturated heterocycles. The second-order valence-corrected chi connectivity index (χ2v) is 6.54. The van der Waals surface area contributed by atoms with E-state index in [9.17, 15) is 9.90 Å². The van der Waals surface area contributed by atoms with Crippen LogP contribution in [0, 0.1) is 0 Å². The number of carbonyl (C=O) groups excluding carboxylic acids is 1. The maximum absolute atomic E-state index is 12.7. The molecule has 2 aromatic rings. The lowest BCUT2D eigenvalue weighted by Crippen LogP contribution is -2.44. The van der Waals surface area contributed by atoms with Gasteiger partial charge in [-0.25, -0.2) is 0 Å². The first-order valence-corrected chi connectivity index (χ1v) is 8.88. The summed E-state index contributed by atoms with van der Waals surface area (Å²) < 4.78 is 0. The zero-order valence-corrected chi connectivity index (χ0v) is 15.6. The fraction of sp³-hybridized carbons (Fsp3) is 0.318. The lowest BCUT2D eigenvalue weighted by molar-refractivity contribution is -0.135. The molecule has 0 radical (unpaired) electrons. The highest BCUT2D eigenvalue weighted by molar-refractivity contribution is 5.78. The first kappa shape index (κ1) is 19.9. The summed E-state index contributed by atoms with van der Waals surface area (Å²) >= 11 is 0. The minimum Gasteiger partial charge on any atom is -0.386 e. The monoisotopic (exact) mass is 352 g/mol. The van der Waals surface area contributed by atoms with Gasteiger partial charge in [0.25, 0.3) is 0 Å². The van der Waals surface area contributed by atoms with Crippen molar-refractivity contribution >= 4 is 5.91 Å². The molecule has 138 valence electrons. The van der Waals surface area contributed by atoms with Crippen LogP contribution in [0.2, 0.25) is 0 Å². The molecule has 0 aliphatic heterocycles. The Labute approximate surface area is 156 Å². The van der Waals surface area contributed by atoms with Gasteiger partial charge < -0.3 is 10.0 Å². The smallest absolute Gasteiger partial charge is 0.236 e. The van der Waals surface area contributed by atoms with E-state index in [4.69, 9.17) is 0 Å². The van der Waals surface area contributed by atoms with Gasteiger partial charge in [0, 0.05) is 20.1 Å². The third kappa shape index (κ3) is 5.55. The van der Waals surface area contributed by atoms with Crippen molar-refractivity contribution in [2.75, 3.05) is 20.1 Å². The van der Waals surface area contributed by atoms with Crippen molar-refractivity contribution in [3.63, 3.8) is 0 Å². The molecule has 2 aromatic carbocycles. The summed E-state index contributed by atoms with van der Waals surface area (Å²) in [4.78, 5) is 16.4. The molecule has 4 nitrogen and oxygen atoms in total. The molecule has 0 unspecified atom stereocenters. The molecular weight excluding hydrogens is 324 g/mol. The highest BCUT2D eigenvalue weighted by atomic mass is 16.3. The van der Waals surface area contributed by atoms with E-state index in [-0.39, 0.29) is 18.5 Å². The zero-order chi connectivity index (χ0) is 18.9. The number of benzene rings is 2. The Hall–Kier alpha value is -2.43. The Morgan fingerprint density at radius 1 is 1.12 bits per heavy atom. The summed E-state index contributed by atoms with van der Waals surface area (Å²) in [6, 6.07) is 19.2. The number of rotatable bonds is 9. The van der Waals surface area contributed by atoms with Crippen molar-refractivity contribution in [2.24, 2.45) is 0 Å². The number of aliphatic hydroxyl groups excluding tert-OH is 1. The molecule has 0 aliphatic rings. The molecule has 2 rings (SSSR count). The predicted molar refractivity (Wildman–Crippen MR) is 106 cm³/mol. The van der Waals surface area contributed by atoms with Crippen LogP contribution >= 0.6 is 0 Å². The van der Waals surface area contributed by atoms with Gasteiger partial charge in [-0.05, 0) is 18.1 Å². The van der Waals surface area contributed by atoms with Crippen LogP contribution in [-0.2, 0) is 11.3 Å². The molecule has 26 heavy (non-hydrogen) atoms. The minimum atomic E-state index is -0.716. The first-order valence-electron chi connectivity index (χ1n) is 8.88. The highest BCUT2D eigenvalue weighted by Gasteiger charge is 2.25. The molecule has 0 bridgehead atoms. The Balaban J connectivity index is 1.99. The maximum Gasteiger partial charge on any atom is 0.236 e. The zero-order valence-electron chi connectivity index (χ0n) is 15.6. The number of nitrogens with zero attached hydrogens (tertiary/aromatic N) is 2. The summed E-state index contributed by atoms with van der Waals surface area (Å²) in [5, 5.41) is 10.6. The molecular formula is C22H28N2O2. The fourth-order valence-corrected chi connectivity index (χ4v) is 2.88. The topological polar surface area (TPSA) is 43.8 Å². The van der Waals surface area contributed by atoms with Gasteiger partial charge in [-0.15, -0.1) is 6.58 Å². The van der Waals surface area contributed by atoms with Crippen molar-refractivity contribution in [2.45, 2.75) is 25.6 Å². The normalized spacial score (nSPS) is 13.2. The van der Waals surface area contributed by atoms with Gasteiger partial charge in [0.2, 0.25) is 5.91 Å². The van der Waals surface area contributed by atoms with Gasteiger partial charge in [0.05, 0.1) is 18.7 Å². The number of amides is 1. The largest absolute Gasteiger partial charge is 0.386 e. The van der Waals surface area contributed by atoms with E-state index < -0.39 is 6.10 Å². The fourth-order valence-electron chi connectivity index (χ4n) is 2.88. The summed E-state index contributed by atoms with van der Waals surface area (Å²) in [5.41, 5.74) is 1.97. The molecule has 0 aromatic heterocycles. The van der Waals surface area contributed by atoms with E-state index in [0.29, 0.717) is 13.1 Å². The Morgan fingerprint density at radius 2 is 1.69 bits per heavy atom. The molecule has 1 N–H and O–H groups in total. The van der Waals surface area contributed by atoms with E-state index >= 15 is 0 Å².